The van der Waals surface area contributed by atoms with Crippen LogP contribution in [0, 0.1) is 36.5 Å². The van der Waals surface area contributed by atoms with Gasteiger partial charge >= 0.3 is 20.4 Å². The third-order valence-electron chi connectivity index (χ3n) is 5.82. The summed E-state index contributed by atoms with van der Waals surface area (Å²) in [4.78, 5) is 7.68. The number of nitriles is 2. The lowest BCUT2D eigenvalue weighted by Crippen LogP contribution is -2.30. The average Bonchev–Trinajstić information content (AvgIpc) is 3.46. The van der Waals surface area contributed by atoms with Crippen molar-refractivity contribution >= 4 is 43.6 Å². The molecule has 4 aromatic rings. The minimum atomic E-state index is -3.91. The van der Waals surface area contributed by atoms with E-state index in [0.29, 0.717) is 11.1 Å². The molecule has 2 aromatic carbocycles. The molecule has 0 aliphatic carbocycles. The Morgan fingerprint density at radius 1 is 0.643 bits per heavy atom. The molecule has 2 aromatic heterocycles. The van der Waals surface area contributed by atoms with Crippen LogP contribution < -0.4 is 0 Å². The SMILES string of the molecule is Cc1ccc(-c2c(Cl)nc(C#N)n2S(=O)(=O)N(C)C)cc1.Cc1ccc(-c2c(Cl)nc(C#N)n2S(=O)(=O)N(C)C)cc1. The fourth-order valence-corrected chi connectivity index (χ4v) is 6.32. The largest absolute Gasteiger partial charge is 0.309 e. The van der Waals surface area contributed by atoms with Gasteiger partial charge in [-0.05, 0) is 13.8 Å². The Bertz CT molecular complexity index is 1780. The summed E-state index contributed by atoms with van der Waals surface area (Å²) in [5, 5.41) is 18.2. The van der Waals surface area contributed by atoms with Gasteiger partial charge in [0.05, 0.1) is 0 Å². The number of halogens is 2. The predicted molar refractivity (Wildman–Crippen MR) is 160 cm³/mol. The van der Waals surface area contributed by atoms with Gasteiger partial charge in [-0.15, -0.1) is 0 Å². The number of rotatable bonds is 6. The molecule has 220 valence electrons. The highest BCUT2D eigenvalue weighted by molar-refractivity contribution is 7.88. The molecule has 0 N–H and O–H groups in total. The van der Waals surface area contributed by atoms with Gasteiger partial charge in [0.15, 0.2) is 10.3 Å². The third kappa shape index (κ3) is 6.34. The van der Waals surface area contributed by atoms with E-state index >= 15 is 0 Å². The number of aryl methyl sites for hydroxylation is 2. The average molecular weight is 650 g/mol. The second-order valence-corrected chi connectivity index (χ2v) is 13.9. The van der Waals surface area contributed by atoms with Gasteiger partial charge in [0, 0.05) is 39.3 Å². The van der Waals surface area contributed by atoms with Gasteiger partial charge in [0.1, 0.15) is 23.5 Å². The topological polar surface area (TPSA) is 158 Å². The van der Waals surface area contributed by atoms with Crippen molar-refractivity contribution in [2.24, 2.45) is 0 Å². The Balaban J connectivity index is 0.000000230. The highest BCUT2D eigenvalue weighted by atomic mass is 35.5. The number of benzene rings is 2. The van der Waals surface area contributed by atoms with E-state index in [2.05, 4.69) is 9.97 Å². The maximum Gasteiger partial charge on any atom is 0.309 e. The highest BCUT2D eigenvalue weighted by Gasteiger charge is 2.29. The van der Waals surface area contributed by atoms with E-state index in [1.165, 1.54) is 28.2 Å². The van der Waals surface area contributed by atoms with Crippen LogP contribution in [0.4, 0.5) is 0 Å². The minimum Gasteiger partial charge on any atom is -0.205 e. The fourth-order valence-electron chi connectivity index (χ4n) is 3.57. The number of imidazole rings is 2. The molecule has 0 bridgehead atoms. The van der Waals surface area contributed by atoms with Crippen LogP contribution in [0.3, 0.4) is 0 Å². The quantitative estimate of drug-likeness (QED) is 0.302. The second kappa shape index (κ2) is 12.6. The summed E-state index contributed by atoms with van der Waals surface area (Å²) in [5.74, 6) is -0.548. The summed E-state index contributed by atoms with van der Waals surface area (Å²) >= 11 is 12.1. The van der Waals surface area contributed by atoms with E-state index in [9.17, 15) is 16.8 Å². The maximum absolute atomic E-state index is 12.4. The Labute approximate surface area is 255 Å². The normalized spacial score (nSPS) is 11.6. The lowest BCUT2D eigenvalue weighted by molar-refractivity contribution is 0.509. The molecule has 0 fully saturated rings. The molecule has 0 amide bonds. The predicted octanol–water partition coefficient (Wildman–Crippen LogP) is 4.08. The van der Waals surface area contributed by atoms with Crippen molar-refractivity contribution in [3.8, 4) is 34.7 Å². The lowest BCUT2D eigenvalue weighted by Gasteiger charge is -2.15. The van der Waals surface area contributed by atoms with Crippen molar-refractivity contribution in [3.05, 3.63) is 81.6 Å². The van der Waals surface area contributed by atoms with Crippen LogP contribution in [0.15, 0.2) is 48.5 Å². The zero-order valence-electron chi connectivity index (χ0n) is 23.4. The number of nitrogens with zero attached hydrogens (tertiary/aromatic N) is 8. The summed E-state index contributed by atoms with van der Waals surface area (Å²) in [5.41, 5.74) is 3.56. The van der Waals surface area contributed by atoms with Crippen molar-refractivity contribution in [2.75, 3.05) is 28.2 Å². The molecule has 2 heterocycles. The van der Waals surface area contributed by atoms with E-state index in [1.54, 1.807) is 36.4 Å². The molecule has 0 spiro atoms. The lowest BCUT2D eigenvalue weighted by atomic mass is 10.1. The van der Waals surface area contributed by atoms with Crippen molar-refractivity contribution < 1.29 is 16.8 Å². The Morgan fingerprint density at radius 2 is 0.929 bits per heavy atom. The van der Waals surface area contributed by atoms with E-state index in [0.717, 1.165) is 27.7 Å². The second-order valence-electron chi connectivity index (χ2n) is 9.21. The van der Waals surface area contributed by atoms with Gasteiger partial charge < -0.3 is 0 Å². The van der Waals surface area contributed by atoms with E-state index in [1.807, 2.05) is 38.1 Å². The molecule has 16 heteroatoms. The van der Waals surface area contributed by atoms with Crippen LogP contribution in [0.25, 0.3) is 22.5 Å². The highest BCUT2D eigenvalue weighted by Crippen LogP contribution is 2.32. The molecule has 12 nitrogen and oxygen atoms in total. The summed E-state index contributed by atoms with van der Waals surface area (Å²) < 4.78 is 53.4. The number of hydrogen-bond acceptors (Lipinski definition) is 8. The molecule has 0 unspecified atom stereocenters. The van der Waals surface area contributed by atoms with Gasteiger partial charge in [0.25, 0.3) is 0 Å². The fraction of sp³-hybridized carbons (Fsp3) is 0.231. The molecule has 0 atom stereocenters. The van der Waals surface area contributed by atoms with Gasteiger partial charge in [-0.2, -0.15) is 43.9 Å². The molecular weight excluding hydrogens is 623 g/mol. The molecular formula is C26H26Cl2N8O4S2. The van der Waals surface area contributed by atoms with Gasteiger partial charge in [-0.25, -0.2) is 9.97 Å². The Morgan fingerprint density at radius 3 is 1.17 bits per heavy atom. The minimum absolute atomic E-state index is 0.0270. The molecule has 4 rings (SSSR count). The molecule has 0 aliphatic heterocycles. The first-order valence-electron chi connectivity index (χ1n) is 11.9. The van der Waals surface area contributed by atoms with E-state index in [-0.39, 0.29) is 33.3 Å². The molecule has 0 radical (unpaired) electrons. The van der Waals surface area contributed by atoms with Crippen molar-refractivity contribution in [1.82, 2.24) is 26.5 Å². The van der Waals surface area contributed by atoms with Gasteiger partial charge in [-0.3, -0.25) is 0 Å². The summed E-state index contributed by atoms with van der Waals surface area (Å²) in [6.45, 7) is 3.83. The van der Waals surface area contributed by atoms with Crippen LogP contribution in [0.2, 0.25) is 10.3 Å². The number of aromatic nitrogens is 4. The summed E-state index contributed by atoms with van der Waals surface area (Å²) in [7, 11) is -2.30. The van der Waals surface area contributed by atoms with Crippen LogP contribution >= 0.6 is 23.2 Å². The van der Waals surface area contributed by atoms with Crippen LogP contribution in [0.1, 0.15) is 22.8 Å². The molecule has 0 saturated carbocycles. The molecule has 42 heavy (non-hydrogen) atoms. The number of hydrogen-bond donors (Lipinski definition) is 0. The van der Waals surface area contributed by atoms with Crippen molar-refractivity contribution in [2.45, 2.75) is 13.8 Å². The monoisotopic (exact) mass is 648 g/mol. The zero-order chi connectivity index (χ0) is 31.6. The van der Waals surface area contributed by atoms with Crippen molar-refractivity contribution in [1.29, 1.82) is 10.5 Å². The zero-order valence-corrected chi connectivity index (χ0v) is 26.5. The summed E-state index contributed by atoms with van der Waals surface area (Å²) in [6, 6.07) is 17.8. The van der Waals surface area contributed by atoms with Crippen LogP contribution in [-0.2, 0) is 20.4 Å². The maximum atomic E-state index is 12.4. The van der Waals surface area contributed by atoms with E-state index in [4.69, 9.17) is 33.7 Å². The van der Waals surface area contributed by atoms with Gasteiger partial charge in [-0.1, -0.05) is 82.9 Å². The van der Waals surface area contributed by atoms with E-state index < -0.39 is 20.4 Å². The van der Waals surface area contributed by atoms with Crippen LogP contribution in [-0.4, -0.2) is 71.5 Å². The van der Waals surface area contributed by atoms with Crippen molar-refractivity contribution in [3.63, 3.8) is 0 Å². The Kier molecular flexibility index (Phi) is 9.85. The standard InChI is InChI=1S/2C13H13ClN4O2S/c2*1-9-4-6-10(7-5-9)12-13(14)16-11(8-15)18(12)21(19,20)17(2)3/h2*4-7H,1-3H3. The molecule has 0 saturated heterocycles. The first-order valence-corrected chi connectivity index (χ1v) is 15.5. The summed E-state index contributed by atoms with van der Waals surface area (Å²) in [6.07, 6.45) is 0. The molecule has 0 aliphatic rings. The first kappa shape index (κ1) is 32.8. The first-order chi connectivity index (χ1) is 19.6. The smallest absolute Gasteiger partial charge is 0.205 e. The third-order valence-corrected chi connectivity index (χ3v) is 9.83. The van der Waals surface area contributed by atoms with Crippen LogP contribution in [0.5, 0.6) is 0 Å². The van der Waals surface area contributed by atoms with Gasteiger partial charge in [0.2, 0.25) is 11.6 Å². The Hall–Kier alpha value is -3.76.